The van der Waals surface area contributed by atoms with Crippen LogP contribution in [0.3, 0.4) is 0 Å². The predicted molar refractivity (Wildman–Crippen MR) is 78.1 cm³/mol. The van der Waals surface area contributed by atoms with Crippen LogP contribution >= 0.6 is 0 Å². The lowest BCUT2D eigenvalue weighted by Crippen LogP contribution is -2.40. The summed E-state index contributed by atoms with van der Waals surface area (Å²) < 4.78 is 0. The summed E-state index contributed by atoms with van der Waals surface area (Å²) in [4.78, 5) is 15.8. The third-order valence-corrected chi connectivity index (χ3v) is 4.24. The van der Waals surface area contributed by atoms with E-state index in [0.29, 0.717) is 6.42 Å². The molecule has 0 spiro atoms. The summed E-state index contributed by atoms with van der Waals surface area (Å²) in [5.74, 6) is 1.07. The number of rotatable bonds is 7. The zero-order valence-corrected chi connectivity index (χ0v) is 12.5. The Kier molecular flexibility index (Phi) is 5.64. The van der Waals surface area contributed by atoms with Crippen LogP contribution in [-0.2, 0) is 4.79 Å². The van der Waals surface area contributed by atoms with E-state index in [4.69, 9.17) is 0 Å². The molecule has 0 bridgehead atoms. The first-order chi connectivity index (χ1) is 9.15. The molecule has 1 aliphatic carbocycles. The smallest absolute Gasteiger partial charge is 0.222 e. The van der Waals surface area contributed by atoms with Gasteiger partial charge in [-0.1, -0.05) is 0 Å². The van der Waals surface area contributed by atoms with Crippen LogP contribution in [0.4, 0.5) is 0 Å². The van der Waals surface area contributed by atoms with E-state index in [1.165, 1.54) is 45.3 Å². The topological polar surface area (TPSA) is 35.6 Å². The summed E-state index contributed by atoms with van der Waals surface area (Å²) in [5.41, 5.74) is 0. The Morgan fingerprint density at radius 3 is 2.79 bits per heavy atom. The van der Waals surface area contributed by atoms with E-state index in [-0.39, 0.29) is 5.91 Å². The predicted octanol–water partition coefficient (Wildman–Crippen LogP) is 1.32. The van der Waals surface area contributed by atoms with Crippen molar-refractivity contribution in [3.05, 3.63) is 0 Å². The maximum atomic E-state index is 11.5. The standard InChI is InChI=1S/C15H29N3O/c1-17(2)15(19)6-4-10-18-9-3-5-13(12-18)11-16-14-7-8-14/h13-14,16H,3-12H2,1-2H3. The highest BCUT2D eigenvalue weighted by Crippen LogP contribution is 2.21. The molecule has 2 aliphatic rings. The Balaban J connectivity index is 1.58. The van der Waals surface area contributed by atoms with Crippen LogP contribution in [0.15, 0.2) is 0 Å². The number of carbonyl (C=O) groups is 1. The third kappa shape index (κ3) is 5.49. The van der Waals surface area contributed by atoms with Gasteiger partial charge in [0.25, 0.3) is 0 Å². The molecule has 2 rings (SSSR count). The number of hydrogen-bond acceptors (Lipinski definition) is 3. The molecule has 110 valence electrons. The van der Waals surface area contributed by atoms with Gasteiger partial charge in [0.05, 0.1) is 0 Å². The van der Waals surface area contributed by atoms with Gasteiger partial charge in [0.1, 0.15) is 0 Å². The van der Waals surface area contributed by atoms with Crippen LogP contribution in [0.1, 0.15) is 38.5 Å². The molecule has 0 aromatic carbocycles. The minimum absolute atomic E-state index is 0.254. The van der Waals surface area contributed by atoms with Crippen molar-refractivity contribution in [3.63, 3.8) is 0 Å². The molecule has 4 nitrogen and oxygen atoms in total. The van der Waals surface area contributed by atoms with Crippen molar-refractivity contribution in [1.29, 1.82) is 0 Å². The van der Waals surface area contributed by atoms with E-state index in [9.17, 15) is 4.79 Å². The van der Waals surface area contributed by atoms with E-state index in [0.717, 1.165) is 24.9 Å². The maximum absolute atomic E-state index is 11.5. The lowest BCUT2D eigenvalue weighted by molar-refractivity contribution is -0.128. The summed E-state index contributed by atoms with van der Waals surface area (Å²) in [6, 6.07) is 0.827. The minimum Gasteiger partial charge on any atom is -0.349 e. The molecule has 2 fully saturated rings. The molecular weight excluding hydrogens is 238 g/mol. The molecule has 0 radical (unpaired) electrons. The van der Waals surface area contributed by atoms with Crippen molar-refractivity contribution in [2.24, 2.45) is 5.92 Å². The third-order valence-electron chi connectivity index (χ3n) is 4.24. The quantitative estimate of drug-likeness (QED) is 0.755. The maximum Gasteiger partial charge on any atom is 0.222 e. The van der Waals surface area contributed by atoms with Gasteiger partial charge in [0.15, 0.2) is 0 Å². The molecule has 1 saturated heterocycles. The highest BCUT2D eigenvalue weighted by molar-refractivity contribution is 5.75. The first kappa shape index (κ1) is 14.8. The minimum atomic E-state index is 0.254. The van der Waals surface area contributed by atoms with Gasteiger partial charge < -0.3 is 15.1 Å². The van der Waals surface area contributed by atoms with Crippen LogP contribution in [-0.4, -0.2) is 62.0 Å². The molecule has 0 aromatic heterocycles. The first-order valence-electron chi connectivity index (χ1n) is 7.81. The van der Waals surface area contributed by atoms with Crippen LogP contribution in [0, 0.1) is 5.92 Å². The Hall–Kier alpha value is -0.610. The number of piperidine rings is 1. The number of nitrogens with zero attached hydrogens (tertiary/aromatic N) is 2. The SMILES string of the molecule is CN(C)C(=O)CCCN1CCCC(CNC2CC2)C1. The molecule has 1 unspecified atom stereocenters. The number of likely N-dealkylation sites (tertiary alicyclic amines) is 1. The summed E-state index contributed by atoms with van der Waals surface area (Å²) >= 11 is 0. The Labute approximate surface area is 117 Å². The molecule has 4 heteroatoms. The largest absolute Gasteiger partial charge is 0.349 e. The Morgan fingerprint density at radius 1 is 1.32 bits per heavy atom. The second-order valence-corrected chi connectivity index (χ2v) is 6.38. The second-order valence-electron chi connectivity index (χ2n) is 6.38. The Bertz CT molecular complexity index is 289. The lowest BCUT2D eigenvalue weighted by atomic mass is 9.97. The van der Waals surface area contributed by atoms with E-state index < -0.39 is 0 Å². The molecule has 1 aliphatic heterocycles. The molecular formula is C15H29N3O. The van der Waals surface area contributed by atoms with Gasteiger partial charge in [-0.25, -0.2) is 0 Å². The van der Waals surface area contributed by atoms with Gasteiger partial charge in [-0.2, -0.15) is 0 Å². The van der Waals surface area contributed by atoms with Gasteiger partial charge in [-0.15, -0.1) is 0 Å². The van der Waals surface area contributed by atoms with Crippen LogP contribution in [0.5, 0.6) is 0 Å². The first-order valence-corrected chi connectivity index (χ1v) is 7.81. The van der Waals surface area contributed by atoms with Crippen molar-refractivity contribution in [3.8, 4) is 0 Å². The second kappa shape index (κ2) is 7.25. The zero-order chi connectivity index (χ0) is 13.7. The molecule has 1 amide bonds. The van der Waals surface area contributed by atoms with Crippen LogP contribution < -0.4 is 5.32 Å². The van der Waals surface area contributed by atoms with Gasteiger partial charge in [0.2, 0.25) is 5.91 Å². The van der Waals surface area contributed by atoms with Crippen molar-refractivity contribution in [2.45, 2.75) is 44.6 Å². The van der Waals surface area contributed by atoms with E-state index in [1.54, 1.807) is 4.90 Å². The number of nitrogens with one attached hydrogen (secondary N) is 1. The fraction of sp³-hybridized carbons (Fsp3) is 0.933. The summed E-state index contributed by atoms with van der Waals surface area (Å²) in [5, 5.41) is 3.65. The normalized spacial score (nSPS) is 24.4. The van der Waals surface area contributed by atoms with Gasteiger partial charge >= 0.3 is 0 Å². The monoisotopic (exact) mass is 267 g/mol. The molecule has 0 aromatic rings. The summed E-state index contributed by atoms with van der Waals surface area (Å²) in [7, 11) is 3.67. The van der Waals surface area contributed by atoms with Crippen molar-refractivity contribution in [1.82, 2.24) is 15.1 Å². The number of carbonyl (C=O) groups excluding carboxylic acids is 1. The molecule has 1 N–H and O–H groups in total. The Morgan fingerprint density at radius 2 is 2.11 bits per heavy atom. The molecule has 19 heavy (non-hydrogen) atoms. The number of amides is 1. The zero-order valence-electron chi connectivity index (χ0n) is 12.5. The van der Waals surface area contributed by atoms with E-state index in [1.807, 2.05) is 14.1 Å². The average molecular weight is 267 g/mol. The summed E-state index contributed by atoms with van der Waals surface area (Å²) in [6.45, 7) is 4.71. The molecule has 1 heterocycles. The fourth-order valence-corrected chi connectivity index (χ4v) is 2.82. The summed E-state index contributed by atoms with van der Waals surface area (Å²) in [6.07, 6.45) is 7.13. The number of hydrogen-bond donors (Lipinski definition) is 1. The highest BCUT2D eigenvalue weighted by Gasteiger charge is 2.24. The van der Waals surface area contributed by atoms with E-state index >= 15 is 0 Å². The van der Waals surface area contributed by atoms with E-state index in [2.05, 4.69) is 10.2 Å². The highest BCUT2D eigenvalue weighted by atomic mass is 16.2. The van der Waals surface area contributed by atoms with Crippen LogP contribution in [0.2, 0.25) is 0 Å². The molecule has 1 atom stereocenters. The van der Waals surface area contributed by atoms with Crippen molar-refractivity contribution in [2.75, 3.05) is 40.3 Å². The van der Waals surface area contributed by atoms with Gasteiger partial charge in [-0.3, -0.25) is 4.79 Å². The van der Waals surface area contributed by atoms with Gasteiger partial charge in [-0.05, 0) is 57.7 Å². The van der Waals surface area contributed by atoms with Crippen molar-refractivity contribution >= 4 is 5.91 Å². The molecule has 1 saturated carbocycles. The van der Waals surface area contributed by atoms with Crippen LogP contribution in [0.25, 0.3) is 0 Å². The van der Waals surface area contributed by atoms with Crippen molar-refractivity contribution < 1.29 is 4.79 Å². The van der Waals surface area contributed by atoms with Gasteiger partial charge in [0, 0.05) is 33.1 Å². The fourth-order valence-electron chi connectivity index (χ4n) is 2.82. The lowest BCUT2D eigenvalue weighted by Gasteiger charge is -2.33. The average Bonchev–Trinajstić information content (AvgIpc) is 3.20.